The van der Waals surface area contributed by atoms with E-state index < -0.39 is 0 Å². The third-order valence-electron chi connectivity index (χ3n) is 5.98. The summed E-state index contributed by atoms with van der Waals surface area (Å²) in [5.74, 6) is 0.443. The molecular weight excluding hydrogens is 353 g/mol. The molecular formula is C23H28FN3O. The first kappa shape index (κ1) is 18.9. The molecule has 2 atom stereocenters. The van der Waals surface area contributed by atoms with Crippen LogP contribution in [0.1, 0.15) is 28.8 Å². The Bertz CT molecular complexity index is 836. The highest BCUT2D eigenvalue weighted by atomic mass is 19.1. The van der Waals surface area contributed by atoms with Crippen LogP contribution in [0.25, 0.3) is 0 Å². The molecule has 3 fully saturated rings. The first-order chi connectivity index (χ1) is 13.5. The highest BCUT2D eigenvalue weighted by molar-refractivity contribution is 5.95. The van der Waals surface area contributed by atoms with Crippen LogP contribution in [-0.4, -0.2) is 55.5 Å². The molecule has 0 spiro atoms. The minimum atomic E-state index is -0.198. The lowest BCUT2D eigenvalue weighted by Gasteiger charge is -2.36. The van der Waals surface area contributed by atoms with Crippen molar-refractivity contribution >= 4 is 11.6 Å². The van der Waals surface area contributed by atoms with E-state index >= 15 is 0 Å². The van der Waals surface area contributed by atoms with E-state index in [1.165, 1.54) is 18.6 Å². The van der Waals surface area contributed by atoms with Crippen molar-refractivity contribution in [1.82, 2.24) is 9.80 Å². The highest BCUT2D eigenvalue weighted by Gasteiger charge is 2.37. The Morgan fingerprint density at radius 3 is 2.61 bits per heavy atom. The Labute approximate surface area is 166 Å². The maximum atomic E-state index is 13.3. The number of anilines is 1. The van der Waals surface area contributed by atoms with Gasteiger partial charge in [0.2, 0.25) is 0 Å². The zero-order valence-corrected chi connectivity index (χ0v) is 16.6. The van der Waals surface area contributed by atoms with Gasteiger partial charge in [0.25, 0.3) is 5.91 Å². The molecule has 3 saturated heterocycles. The smallest absolute Gasteiger partial charge is 0.254 e. The second-order valence-corrected chi connectivity index (χ2v) is 8.32. The molecule has 3 aliphatic heterocycles. The van der Waals surface area contributed by atoms with E-state index in [0.717, 1.165) is 49.4 Å². The average Bonchev–Trinajstić information content (AvgIpc) is 3.00. The van der Waals surface area contributed by atoms with Crippen LogP contribution in [0.4, 0.5) is 10.1 Å². The lowest BCUT2D eigenvalue weighted by Crippen LogP contribution is -2.47. The number of carbonyl (C=O) groups excluding carboxylic acids is 1. The van der Waals surface area contributed by atoms with Gasteiger partial charge in [-0.3, -0.25) is 9.69 Å². The van der Waals surface area contributed by atoms with Crippen LogP contribution in [-0.2, 0) is 6.54 Å². The fourth-order valence-electron chi connectivity index (χ4n) is 4.49. The van der Waals surface area contributed by atoms with Crippen molar-refractivity contribution in [3.8, 4) is 0 Å². The molecule has 0 N–H and O–H groups in total. The van der Waals surface area contributed by atoms with Gasteiger partial charge in [-0.15, -0.1) is 0 Å². The van der Waals surface area contributed by atoms with Crippen molar-refractivity contribution in [3.63, 3.8) is 0 Å². The van der Waals surface area contributed by atoms with Crippen LogP contribution in [0.3, 0.4) is 0 Å². The molecule has 0 radical (unpaired) electrons. The van der Waals surface area contributed by atoms with Crippen molar-refractivity contribution in [2.24, 2.45) is 5.92 Å². The molecule has 4 nitrogen and oxygen atoms in total. The number of hydrogen-bond acceptors (Lipinski definition) is 3. The predicted octanol–water partition coefficient (Wildman–Crippen LogP) is 3.63. The third kappa shape index (κ3) is 4.04. The molecule has 0 aliphatic carbocycles. The summed E-state index contributed by atoms with van der Waals surface area (Å²) >= 11 is 0. The minimum Gasteiger partial charge on any atom is -0.378 e. The standard InChI is InChI=1S/C23H28FN3O/c1-25(2)21-5-3-4-19(12-21)23(28)27-15-18-8-11-22(27)16-26(14-18)13-17-6-9-20(24)10-7-17/h3-7,9-10,12,18,22H,8,11,13-16H2,1-2H3/t18-,22+/m0/s1. The molecule has 3 heterocycles. The number of piperidine rings is 1. The van der Waals surface area contributed by atoms with Gasteiger partial charge in [-0.2, -0.15) is 0 Å². The monoisotopic (exact) mass is 381 g/mol. The lowest BCUT2D eigenvalue weighted by atomic mass is 9.94. The SMILES string of the molecule is CN(C)c1cccc(C(=O)N2C[C@H]3CC[C@@H]2CN(Cc2ccc(F)cc2)C3)c1. The Balaban J connectivity index is 1.49. The van der Waals surface area contributed by atoms with Crippen LogP contribution in [0.5, 0.6) is 0 Å². The van der Waals surface area contributed by atoms with E-state index in [1.807, 2.05) is 55.4 Å². The zero-order valence-electron chi connectivity index (χ0n) is 16.6. The normalized spacial score (nSPS) is 22.2. The number of nitrogens with zero attached hydrogens (tertiary/aromatic N) is 3. The topological polar surface area (TPSA) is 26.8 Å². The van der Waals surface area contributed by atoms with Gasteiger partial charge in [0, 0.05) is 57.6 Å². The summed E-state index contributed by atoms with van der Waals surface area (Å²) in [4.78, 5) is 19.8. The lowest BCUT2D eigenvalue weighted by molar-refractivity contribution is 0.0585. The molecule has 5 rings (SSSR count). The number of hydrogen-bond donors (Lipinski definition) is 0. The molecule has 0 aromatic heterocycles. The summed E-state index contributed by atoms with van der Waals surface area (Å²) in [6.45, 7) is 3.52. The number of fused-ring (bicyclic) bond motifs is 4. The van der Waals surface area contributed by atoms with Crippen molar-refractivity contribution in [1.29, 1.82) is 0 Å². The number of amides is 1. The van der Waals surface area contributed by atoms with Gasteiger partial charge in [-0.05, 0) is 54.7 Å². The molecule has 1 amide bonds. The van der Waals surface area contributed by atoms with Gasteiger partial charge in [0.15, 0.2) is 0 Å². The van der Waals surface area contributed by atoms with Crippen molar-refractivity contribution in [3.05, 3.63) is 65.5 Å². The number of rotatable bonds is 4. The van der Waals surface area contributed by atoms with E-state index in [9.17, 15) is 9.18 Å². The number of benzene rings is 2. The van der Waals surface area contributed by atoms with Gasteiger partial charge < -0.3 is 9.80 Å². The first-order valence-electron chi connectivity index (χ1n) is 10.0. The number of halogens is 1. The molecule has 28 heavy (non-hydrogen) atoms. The van der Waals surface area contributed by atoms with Crippen molar-refractivity contribution in [2.45, 2.75) is 25.4 Å². The van der Waals surface area contributed by atoms with Gasteiger partial charge in [0.1, 0.15) is 5.82 Å². The maximum absolute atomic E-state index is 13.3. The molecule has 2 bridgehead atoms. The quantitative estimate of drug-likeness (QED) is 0.809. The van der Waals surface area contributed by atoms with Crippen LogP contribution in [0.2, 0.25) is 0 Å². The van der Waals surface area contributed by atoms with Gasteiger partial charge in [-0.25, -0.2) is 4.39 Å². The summed E-state index contributed by atoms with van der Waals surface area (Å²) in [6, 6.07) is 14.9. The second kappa shape index (κ2) is 7.92. The Kier molecular flexibility index (Phi) is 5.36. The van der Waals surface area contributed by atoms with Gasteiger partial charge in [-0.1, -0.05) is 18.2 Å². The van der Waals surface area contributed by atoms with E-state index in [1.54, 1.807) is 0 Å². The largest absolute Gasteiger partial charge is 0.378 e. The van der Waals surface area contributed by atoms with Crippen LogP contribution >= 0.6 is 0 Å². The third-order valence-corrected chi connectivity index (χ3v) is 5.98. The maximum Gasteiger partial charge on any atom is 0.254 e. The molecule has 0 saturated carbocycles. The molecule has 0 unspecified atom stereocenters. The van der Waals surface area contributed by atoms with E-state index in [0.29, 0.717) is 5.92 Å². The Morgan fingerprint density at radius 2 is 1.86 bits per heavy atom. The zero-order chi connectivity index (χ0) is 19.7. The van der Waals surface area contributed by atoms with E-state index in [-0.39, 0.29) is 17.8 Å². The summed E-state index contributed by atoms with van der Waals surface area (Å²) in [6.07, 6.45) is 2.23. The Morgan fingerprint density at radius 1 is 1.07 bits per heavy atom. The van der Waals surface area contributed by atoms with Crippen LogP contribution in [0.15, 0.2) is 48.5 Å². The van der Waals surface area contributed by atoms with Gasteiger partial charge in [0.05, 0.1) is 0 Å². The summed E-state index contributed by atoms with van der Waals surface area (Å²) in [5.41, 5.74) is 2.94. The van der Waals surface area contributed by atoms with Crippen molar-refractivity contribution < 1.29 is 9.18 Å². The molecule has 2 aromatic carbocycles. The van der Waals surface area contributed by atoms with E-state index in [4.69, 9.17) is 0 Å². The average molecular weight is 381 g/mol. The fraction of sp³-hybridized carbons (Fsp3) is 0.435. The molecule has 5 heteroatoms. The van der Waals surface area contributed by atoms with Crippen LogP contribution < -0.4 is 4.90 Å². The van der Waals surface area contributed by atoms with Crippen molar-refractivity contribution in [2.75, 3.05) is 38.6 Å². The van der Waals surface area contributed by atoms with E-state index in [2.05, 4.69) is 9.80 Å². The summed E-state index contributed by atoms with van der Waals surface area (Å²) < 4.78 is 13.2. The summed E-state index contributed by atoms with van der Waals surface area (Å²) in [7, 11) is 3.98. The molecule has 148 valence electrons. The van der Waals surface area contributed by atoms with Gasteiger partial charge >= 0.3 is 0 Å². The Hall–Kier alpha value is -2.40. The molecule has 3 aliphatic rings. The number of carbonyl (C=O) groups is 1. The second-order valence-electron chi connectivity index (χ2n) is 8.32. The first-order valence-corrected chi connectivity index (χ1v) is 10.0. The summed E-state index contributed by atoms with van der Waals surface area (Å²) in [5, 5.41) is 0. The molecule has 2 aromatic rings. The fourth-order valence-corrected chi connectivity index (χ4v) is 4.49. The minimum absolute atomic E-state index is 0.141. The van der Waals surface area contributed by atoms with Crippen LogP contribution in [0, 0.1) is 11.7 Å². The highest BCUT2D eigenvalue weighted by Crippen LogP contribution is 2.30. The predicted molar refractivity (Wildman–Crippen MR) is 110 cm³/mol.